The Balaban J connectivity index is 1.66. The van der Waals surface area contributed by atoms with Gasteiger partial charge in [-0.15, -0.1) is 0 Å². The monoisotopic (exact) mass is 871 g/mol. The summed E-state index contributed by atoms with van der Waals surface area (Å²) in [7, 11) is 2.00. The number of hydrogen-bond acceptors (Lipinski definition) is 15. The van der Waals surface area contributed by atoms with Crippen molar-refractivity contribution in [3.8, 4) is 5.75 Å². The van der Waals surface area contributed by atoms with Gasteiger partial charge in [-0.1, -0.05) is 53.3 Å². The van der Waals surface area contributed by atoms with Crippen molar-refractivity contribution in [1.82, 2.24) is 31.7 Å². The topological polar surface area (TPSA) is 347 Å². The molecule has 17 N–H and O–H groups in total. The molecule has 0 spiro atoms. The quantitative estimate of drug-likeness (QED) is 0.0337. The molecule has 0 aliphatic carbocycles. The number of benzene rings is 2. The second kappa shape index (κ2) is 23.6. The van der Waals surface area contributed by atoms with Gasteiger partial charge in [0.1, 0.15) is 17.2 Å². The van der Waals surface area contributed by atoms with E-state index in [4.69, 9.17) is 22.9 Å². The molecular formula is C38H55N12O8S2+. The number of carbonyl (C=O) groups is 7. The number of likely N-dealkylation sites (tertiary alicyclic amines) is 1. The third kappa shape index (κ3) is 14.9. The average Bonchev–Trinajstić information content (AvgIpc) is 3.70. The van der Waals surface area contributed by atoms with Gasteiger partial charge in [-0.2, -0.15) is 0 Å². The standard InChI is InChI=1S/C38H54N12O8S2/c39-30(53)18-26-33(56)37(50-15-5-9-28(50)36(58)47-24(8-4-14-44-38(42)43)35(57)46-20-31(40)54)60-59-34(41)32(55)27(17-22-10-12-23(51)13-11-22)49-48-25(29(52)19-45-26)16-21-6-2-1-3-7-21/h1-3,6-7,10-13,24-28,34,37,45,48-49,51H,4-5,8-9,14-20,41H2,(H2,39,53)(H2,40,54)(H,46,57)(H,47,58)(H4,42,43,44)/p+1/t24-,25-,26-,27-,28-,34?,37?/m0/s1. The number of carbonyl (C=O) groups excluding carboxylic acids is 7. The first kappa shape index (κ1) is 47.6. The Morgan fingerprint density at radius 1 is 0.883 bits per heavy atom. The number of nitrogens with zero attached hydrogens (tertiary/aromatic N) is 2. The number of ketones is 3. The summed E-state index contributed by atoms with van der Waals surface area (Å²) >= 11 is 0. The van der Waals surface area contributed by atoms with Crippen LogP contribution in [0.1, 0.15) is 43.2 Å². The average molecular weight is 872 g/mol. The Morgan fingerprint density at radius 3 is 2.22 bits per heavy atom. The Hall–Kier alpha value is -5.10. The highest BCUT2D eigenvalue weighted by atomic mass is 33.1. The van der Waals surface area contributed by atoms with E-state index >= 15 is 0 Å². The van der Waals surface area contributed by atoms with E-state index < -0.39 is 83.3 Å². The summed E-state index contributed by atoms with van der Waals surface area (Å²) in [6.45, 7) is -0.416. The van der Waals surface area contributed by atoms with Crippen molar-refractivity contribution in [3.05, 3.63) is 65.7 Å². The highest BCUT2D eigenvalue weighted by Gasteiger charge is 2.44. The number of phenolic OH excluding ortho intramolecular Hbond substituents is 1. The lowest BCUT2D eigenvalue weighted by molar-refractivity contribution is -0.371. The van der Waals surface area contributed by atoms with E-state index in [1.165, 1.54) is 12.1 Å². The molecular weight excluding hydrogens is 817 g/mol. The lowest BCUT2D eigenvalue weighted by atomic mass is 10.0. The molecule has 2 aromatic rings. The van der Waals surface area contributed by atoms with Crippen molar-refractivity contribution in [3.63, 3.8) is 0 Å². The van der Waals surface area contributed by atoms with Gasteiger partial charge in [0, 0.05) is 19.5 Å². The van der Waals surface area contributed by atoms with Gasteiger partial charge in [0.2, 0.25) is 34.8 Å². The maximum Gasteiger partial charge on any atom is 0.243 e. The fraction of sp³-hybridized carbons (Fsp3) is 0.474. The Bertz CT molecular complexity index is 1850. The number of rotatable bonds is 16. The SMILES string of the molecule is NC(=O)CNC(=O)[C@H](CCCN=C(N)N)NC(=O)[C@@H]1CCCN1C1SSC([NH3+])C(=O)[C@H](Cc2ccc(O)cc2)NN[C@@H](Cc2ccccc2)C(=O)CN[C@@H](CC(N)=O)C1=O. The van der Waals surface area contributed by atoms with Crippen molar-refractivity contribution in [2.45, 2.75) is 85.9 Å². The van der Waals surface area contributed by atoms with Gasteiger partial charge >= 0.3 is 0 Å². The van der Waals surface area contributed by atoms with E-state index in [9.17, 15) is 38.7 Å². The normalized spacial score (nSPS) is 23.9. The number of amides is 4. The van der Waals surface area contributed by atoms with Crippen LogP contribution in [0.25, 0.3) is 0 Å². The molecule has 22 heteroatoms. The van der Waals surface area contributed by atoms with Gasteiger partial charge in [0.05, 0.1) is 37.3 Å². The third-order valence-electron chi connectivity index (χ3n) is 9.83. The molecule has 0 bridgehead atoms. The molecule has 2 unspecified atom stereocenters. The molecule has 2 fully saturated rings. The van der Waals surface area contributed by atoms with Crippen molar-refractivity contribution < 1.29 is 44.4 Å². The predicted molar refractivity (Wildman–Crippen MR) is 226 cm³/mol. The van der Waals surface area contributed by atoms with Crippen LogP contribution >= 0.6 is 21.6 Å². The van der Waals surface area contributed by atoms with Gasteiger partial charge in [0.25, 0.3) is 0 Å². The number of nitrogens with one attached hydrogen (secondary N) is 5. The minimum atomic E-state index is -1.26. The number of aromatic hydroxyl groups is 1. The van der Waals surface area contributed by atoms with Crippen LogP contribution < -0.4 is 55.5 Å². The number of phenols is 1. The molecule has 2 saturated heterocycles. The van der Waals surface area contributed by atoms with Crippen LogP contribution in [0.3, 0.4) is 0 Å². The second-order valence-electron chi connectivity index (χ2n) is 14.5. The molecule has 4 amide bonds. The fourth-order valence-electron chi connectivity index (χ4n) is 6.73. The molecule has 0 saturated carbocycles. The van der Waals surface area contributed by atoms with Gasteiger partial charge < -0.3 is 44.4 Å². The van der Waals surface area contributed by atoms with Crippen molar-refractivity contribution in [1.29, 1.82) is 0 Å². The smallest absolute Gasteiger partial charge is 0.243 e. The minimum absolute atomic E-state index is 0.0501. The molecule has 4 rings (SSSR count). The number of nitrogens with two attached hydrogens (primary N) is 4. The fourth-order valence-corrected chi connectivity index (χ4v) is 9.47. The molecule has 60 heavy (non-hydrogen) atoms. The molecule has 2 heterocycles. The summed E-state index contributed by atoms with van der Waals surface area (Å²) in [5.41, 5.74) is 33.5. The summed E-state index contributed by atoms with van der Waals surface area (Å²) in [6.07, 6.45) is 1.05. The number of Topliss-reactive ketones (excluding diaryl/α,β-unsaturated/α-hetero) is 3. The molecule has 20 nitrogen and oxygen atoms in total. The van der Waals surface area contributed by atoms with Crippen LogP contribution in [0.4, 0.5) is 0 Å². The predicted octanol–water partition coefficient (Wildman–Crippen LogP) is -3.56. The van der Waals surface area contributed by atoms with E-state index in [0.717, 1.165) is 27.2 Å². The number of aliphatic imine (C=N–C) groups is 1. The number of primary amides is 2. The van der Waals surface area contributed by atoms with Gasteiger partial charge in [0.15, 0.2) is 17.5 Å². The van der Waals surface area contributed by atoms with Crippen molar-refractivity contribution in [2.75, 3.05) is 26.2 Å². The Kier molecular flexibility index (Phi) is 18.7. The van der Waals surface area contributed by atoms with Crippen LogP contribution in [0.15, 0.2) is 59.6 Å². The second-order valence-corrected chi connectivity index (χ2v) is 17.0. The number of hydrogen-bond donors (Lipinski definition) is 11. The van der Waals surface area contributed by atoms with Crippen molar-refractivity contribution in [2.24, 2.45) is 27.9 Å². The summed E-state index contributed by atoms with van der Waals surface area (Å²) in [5.74, 6) is -4.26. The number of guanidine groups is 1. The lowest BCUT2D eigenvalue weighted by Crippen LogP contribution is -2.68. The molecule has 0 radical (unpaired) electrons. The molecule has 2 aliphatic rings. The molecule has 2 aromatic carbocycles. The largest absolute Gasteiger partial charge is 0.508 e. The summed E-state index contributed by atoms with van der Waals surface area (Å²) in [5, 5.41) is 15.8. The van der Waals surface area contributed by atoms with E-state index in [1.807, 2.05) is 30.3 Å². The van der Waals surface area contributed by atoms with Crippen LogP contribution in [-0.2, 0) is 46.4 Å². The van der Waals surface area contributed by atoms with Crippen LogP contribution in [-0.4, -0.2) is 124 Å². The Morgan fingerprint density at radius 2 is 1.55 bits per heavy atom. The molecule has 7 atom stereocenters. The third-order valence-corrected chi connectivity index (χ3v) is 12.7. The highest BCUT2D eigenvalue weighted by Crippen LogP contribution is 2.37. The maximum absolute atomic E-state index is 14.6. The van der Waals surface area contributed by atoms with Crippen molar-refractivity contribution >= 4 is 68.5 Å². The van der Waals surface area contributed by atoms with E-state index in [-0.39, 0.29) is 75.0 Å². The number of quaternary nitrogens is 1. The van der Waals surface area contributed by atoms with Gasteiger partial charge in [-0.05, 0) is 72.6 Å². The van der Waals surface area contributed by atoms with E-state index in [1.54, 1.807) is 17.0 Å². The minimum Gasteiger partial charge on any atom is -0.508 e. The first-order valence-corrected chi connectivity index (χ1v) is 21.7. The molecule has 2 aliphatic heterocycles. The van der Waals surface area contributed by atoms with Gasteiger partial charge in [-0.3, -0.25) is 48.8 Å². The molecule has 0 aromatic heterocycles. The zero-order valence-electron chi connectivity index (χ0n) is 33.0. The summed E-state index contributed by atoms with van der Waals surface area (Å²) in [4.78, 5) is 99.3. The first-order chi connectivity index (χ1) is 28.6. The zero-order valence-corrected chi connectivity index (χ0v) is 34.7. The summed E-state index contributed by atoms with van der Waals surface area (Å²) < 4.78 is 0. The van der Waals surface area contributed by atoms with Gasteiger partial charge in [-0.25, -0.2) is 10.9 Å². The van der Waals surface area contributed by atoms with E-state index in [2.05, 4.69) is 37.5 Å². The maximum atomic E-state index is 14.6. The number of hydrazine groups is 1. The molecule has 326 valence electrons. The lowest BCUT2D eigenvalue weighted by Gasteiger charge is -2.34. The summed E-state index contributed by atoms with van der Waals surface area (Å²) in [6, 6.07) is 10.4. The van der Waals surface area contributed by atoms with E-state index in [0.29, 0.717) is 12.0 Å². The highest BCUT2D eigenvalue weighted by molar-refractivity contribution is 8.77. The first-order valence-electron chi connectivity index (χ1n) is 19.4. The van der Waals surface area contributed by atoms with Crippen LogP contribution in [0.5, 0.6) is 5.75 Å². The zero-order chi connectivity index (χ0) is 43.8. The Labute approximate surface area is 355 Å². The van der Waals surface area contributed by atoms with Crippen LogP contribution in [0.2, 0.25) is 0 Å². The van der Waals surface area contributed by atoms with Crippen LogP contribution in [0, 0.1) is 0 Å².